The highest BCUT2D eigenvalue weighted by Gasteiger charge is 2.14. The van der Waals surface area contributed by atoms with Gasteiger partial charge >= 0.3 is 0 Å². The van der Waals surface area contributed by atoms with Gasteiger partial charge in [0.15, 0.2) is 0 Å². The van der Waals surface area contributed by atoms with E-state index >= 15 is 0 Å². The molecule has 7 heteroatoms. The Bertz CT molecular complexity index is 734. The molecule has 0 fully saturated rings. The number of hydrogen-bond donors (Lipinski definition) is 1. The van der Waals surface area contributed by atoms with Crippen LogP contribution in [0.3, 0.4) is 0 Å². The van der Waals surface area contributed by atoms with Gasteiger partial charge < -0.3 is 5.73 Å². The molecule has 0 bridgehead atoms. The molecule has 0 heterocycles. The number of non-ortho nitro benzene ring substituents is 1. The summed E-state index contributed by atoms with van der Waals surface area (Å²) < 4.78 is 13.0. The molecule has 0 aromatic heterocycles. The van der Waals surface area contributed by atoms with Crippen molar-refractivity contribution in [2.75, 3.05) is 5.73 Å². The minimum absolute atomic E-state index is 0.00789. The molecule has 0 radical (unpaired) electrons. The number of nitrogens with zero attached hydrogens (tertiary/aromatic N) is 1. The van der Waals surface area contributed by atoms with Crippen LogP contribution in [0.15, 0.2) is 45.8 Å². The number of rotatable bonds is 4. The third-order valence-corrected chi connectivity index (χ3v) is 5.10. The maximum Gasteiger partial charge on any atom is 0.270 e. The molecule has 2 N–H and O–H groups in total. The smallest absolute Gasteiger partial charge is 0.270 e. The molecule has 0 saturated heterocycles. The van der Waals surface area contributed by atoms with Crippen LogP contribution >= 0.6 is 15.9 Å². The van der Waals surface area contributed by atoms with Crippen molar-refractivity contribution >= 4 is 38.1 Å². The van der Waals surface area contributed by atoms with Crippen LogP contribution in [-0.2, 0) is 16.6 Å². The van der Waals surface area contributed by atoms with Crippen LogP contribution < -0.4 is 5.73 Å². The summed E-state index contributed by atoms with van der Waals surface area (Å²) in [7, 11) is -1.31. The fraction of sp³-hybridized carbons (Fsp3) is 0.143. The Morgan fingerprint density at radius 1 is 1.29 bits per heavy atom. The first-order chi connectivity index (χ1) is 9.88. The molecule has 0 aliphatic heterocycles. The summed E-state index contributed by atoms with van der Waals surface area (Å²) in [6.45, 7) is 1.90. The second kappa shape index (κ2) is 6.36. The maximum atomic E-state index is 12.4. The molecule has 1 atom stereocenters. The molecule has 5 nitrogen and oxygen atoms in total. The Morgan fingerprint density at radius 3 is 2.62 bits per heavy atom. The predicted molar refractivity (Wildman–Crippen MR) is 86.5 cm³/mol. The molecule has 0 aliphatic carbocycles. The number of nitrogens with two attached hydrogens (primary N) is 1. The standard InChI is InChI=1S/C14H13BrN2O3S/c1-9-2-5-13(16)14(6-9)21(20)8-10-3-4-11(17(18)19)7-12(10)15/h2-7H,8,16H2,1H3. The highest BCUT2D eigenvalue weighted by Crippen LogP contribution is 2.27. The zero-order chi connectivity index (χ0) is 15.6. The lowest BCUT2D eigenvalue weighted by atomic mass is 10.2. The lowest BCUT2D eigenvalue weighted by Crippen LogP contribution is -2.02. The number of halogens is 1. The van der Waals surface area contributed by atoms with Gasteiger partial charge in [0, 0.05) is 22.3 Å². The first-order valence-electron chi connectivity index (χ1n) is 6.06. The van der Waals surface area contributed by atoms with Gasteiger partial charge in [0.05, 0.1) is 26.4 Å². The van der Waals surface area contributed by atoms with Crippen molar-refractivity contribution in [3.05, 3.63) is 62.1 Å². The average molecular weight is 369 g/mol. The molecule has 0 spiro atoms. The number of aryl methyl sites for hydroxylation is 1. The highest BCUT2D eigenvalue weighted by atomic mass is 79.9. The third kappa shape index (κ3) is 3.68. The van der Waals surface area contributed by atoms with Crippen molar-refractivity contribution in [2.24, 2.45) is 0 Å². The van der Waals surface area contributed by atoms with Gasteiger partial charge in [-0.15, -0.1) is 0 Å². The SMILES string of the molecule is Cc1ccc(N)c(S(=O)Cc2ccc([N+](=O)[O-])cc2Br)c1. The van der Waals surface area contributed by atoms with Crippen molar-refractivity contribution in [3.8, 4) is 0 Å². The van der Waals surface area contributed by atoms with Crippen molar-refractivity contribution in [1.29, 1.82) is 0 Å². The Morgan fingerprint density at radius 2 is 2.00 bits per heavy atom. The van der Waals surface area contributed by atoms with E-state index in [2.05, 4.69) is 15.9 Å². The Kier molecular flexibility index (Phi) is 4.74. The van der Waals surface area contributed by atoms with Crippen LogP contribution in [0.2, 0.25) is 0 Å². The van der Waals surface area contributed by atoms with Gasteiger partial charge in [0.25, 0.3) is 5.69 Å². The third-order valence-electron chi connectivity index (χ3n) is 2.95. The molecule has 0 aliphatic rings. The van der Waals surface area contributed by atoms with E-state index in [-0.39, 0.29) is 11.4 Å². The van der Waals surface area contributed by atoms with E-state index < -0.39 is 15.7 Å². The number of nitro benzene ring substituents is 1. The fourth-order valence-corrected chi connectivity index (χ4v) is 3.86. The van der Waals surface area contributed by atoms with Crippen LogP contribution in [0.1, 0.15) is 11.1 Å². The van der Waals surface area contributed by atoms with Gasteiger partial charge in [0.2, 0.25) is 0 Å². The summed E-state index contributed by atoms with van der Waals surface area (Å²) in [4.78, 5) is 10.8. The van der Waals surface area contributed by atoms with E-state index in [4.69, 9.17) is 5.73 Å². The first-order valence-corrected chi connectivity index (χ1v) is 8.17. The number of hydrogen-bond acceptors (Lipinski definition) is 4. The van der Waals surface area contributed by atoms with E-state index in [1.54, 1.807) is 18.2 Å². The van der Waals surface area contributed by atoms with Crippen LogP contribution in [0.4, 0.5) is 11.4 Å². The van der Waals surface area contributed by atoms with E-state index in [1.807, 2.05) is 13.0 Å². The molecule has 2 aromatic carbocycles. The molecular formula is C14H13BrN2O3S. The summed E-state index contributed by atoms with van der Waals surface area (Å²) >= 11 is 3.28. The van der Waals surface area contributed by atoms with Gasteiger partial charge in [-0.25, -0.2) is 0 Å². The first kappa shape index (κ1) is 15.7. The minimum atomic E-state index is -1.31. The topological polar surface area (TPSA) is 86.2 Å². The predicted octanol–water partition coefficient (Wildman–Crippen LogP) is 3.56. The van der Waals surface area contributed by atoms with Crippen LogP contribution in [0, 0.1) is 17.0 Å². The summed E-state index contributed by atoms with van der Waals surface area (Å²) in [5.41, 5.74) is 8.04. The zero-order valence-corrected chi connectivity index (χ0v) is 13.6. The normalized spacial score (nSPS) is 12.1. The van der Waals surface area contributed by atoms with Gasteiger partial charge in [-0.05, 0) is 30.2 Å². The van der Waals surface area contributed by atoms with Gasteiger partial charge in [-0.3, -0.25) is 14.3 Å². The molecule has 1 unspecified atom stereocenters. The van der Waals surface area contributed by atoms with E-state index in [1.165, 1.54) is 12.1 Å². The quantitative estimate of drug-likeness (QED) is 0.507. The van der Waals surface area contributed by atoms with E-state index in [0.717, 1.165) is 11.1 Å². The van der Waals surface area contributed by atoms with Crippen LogP contribution in [-0.4, -0.2) is 9.13 Å². The van der Waals surface area contributed by atoms with Crippen molar-refractivity contribution in [3.63, 3.8) is 0 Å². The molecule has 2 rings (SSSR count). The number of nitro groups is 1. The monoisotopic (exact) mass is 368 g/mol. The van der Waals surface area contributed by atoms with Gasteiger partial charge in [-0.1, -0.05) is 28.1 Å². The second-order valence-corrected chi connectivity index (χ2v) is 6.84. The van der Waals surface area contributed by atoms with Crippen LogP contribution in [0.5, 0.6) is 0 Å². The van der Waals surface area contributed by atoms with Crippen molar-refractivity contribution < 1.29 is 9.13 Å². The molecule has 0 saturated carbocycles. The van der Waals surface area contributed by atoms with E-state index in [0.29, 0.717) is 15.1 Å². The minimum Gasteiger partial charge on any atom is -0.398 e. The Labute approximate surface area is 132 Å². The number of anilines is 1. The van der Waals surface area contributed by atoms with Gasteiger partial charge in [0.1, 0.15) is 0 Å². The Hall–Kier alpha value is -1.73. The average Bonchev–Trinajstić information content (AvgIpc) is 2.43. The lowest BCUT2D eigenvalue weighted by Gasteiger charge is -2.08. The van der Waals surface area contributed by atoms with Crippen molar-refractivity contribution in [2.45, 2.75) is 17.6 Å². The number of nitrogen functional groups attached to an aromatic ring is 1. The summed E-state index contributed by atoms with van der Waals surface area (Å²) in [6.07, 6.45) is 0. The van der Waals surface area contributed by atoms with Crippen LogP contribution in [0.25, 0.3) is 0 Å². The summed E-state index contributed by atoms with van der Waals surface area (Å²) in [5, 5.41) is 10.7. The van der Waals surface area contributed by atoms with Gasteiger partial charge in [-0.2, -0.15) is 0 Å². The van der Waals surface area contributed by atoms with E-state index in [9.17, 15) is 14.3 Å². The molecule has 0 amide bonds. The largest absolute Gasteiger partial charge is 0.398 e. The molecule has 2 aromatic rings. The highest BCUT2D eigenvalue weighted by molar-refractivity contribution is 9.10. The zero-order valence-electron chi connectivity index (χ0n) is 11.2. The summed E-state index contributed by atoms with van der Waals surface area (Å²) in [5.74, 6) is 0.242. The Balaban J connectivity index is 2.27. The molecular weight excluding hydrogens is 356 g/mol. The van der Waals surface area contributed by atoms with Crippen molar-refractivity contribution in [1.82, 2.24) is 0 Å². The lowest BCUT2D eigenvalue weighted by molar-refractivity contribution is -0.384. The molecule has 110 valence electrons. The summed E-state index contributed by atoms with van der Waals surface area (Å²) in [6, 6.07) is 9.80. The molecule has 21 heavy (non-hydrogen) atoms. The fourth-order valence-electron chi connectivity index (χ4n) is 1.82. The maximum absolute atomic E-state index is 12.4. The second-order valence-electron chi connectivity index (χ2n) is 4.56. The number of benzene rings is 2.